The molecule has 1 atom stereocenters. The summed E-state index contributed by atoms with van der Waals surface area (Å²) in [7, 11) is 0. The van der Waals surface area contributed by atoms with E-state index in [9.17, 15) is 9.59 Å². The predicted octanol–water partition coefficient (Wildman–Crippen LogP) is 2.49. The Kier molecular flexibility index (Phi) is 5.97. The lowest BCUT2D eigenvalue weighted by Gasteiger charge is -2.16. The van der Waals surface area contributed by atoms with Crippen LogP contribution in [0.2, 0.25) is 0 Å². The number of benzene rings is 1. The smallest absolute Gasteiger partial charge is 0.326 e. The van der Waals surface area contributed by atoms with E-state index in [4.69, 9.17) is 5.11 Å². The van der Waals surface area contributed by atoms with E-state index in [2.05, 4.69) is 12.2 Å². The number of rotatable bonds is 6. The molecule has 0 aliphatic carbocycles. The van der Waals surface area contributed by atoms with Crippen LogP contribution in [-0.4, -0.2) is 23.0 Å². The van der Waals surface area contributed by atoms with Gasteiger partial charge in [-0.05, 0) is 29.5 Å². The number of carbonyl (C=O) groups excluding carboxylic acids is 1. The highest BCUT2D eigenvalue weighted by Gasteiger charge is 2.22. The van der Waals surface area contributed by atoms with Gasteiger partial charge < -0.3 is 10.4 Å². The van der Waals surface area contributed by atoms with Crippen LogP contribution < -0.4 is 5.32 Å². The van der Waals surface area contributed by atoms with Gasteiger partial charge >= 0.3 is 5.97 Å². The lowest BCUT2D eigenvalue weighted by atomic mass is 10.0. The highest BCUT2D eigenvalue weighted by Crippen LogP contribution is 2.07. The fraction of sp³-hybridized carbons (Fsp3) is 0.375. The van der Waals surface area contributed by atoms with Crippen LogP contribution in [0.15, 0.2) is 30.3 Å². The summed E-state index contributed by atoms with van der Waals surface area (Å²) < 4.78 is 0. The van der Waals surface area contributed by atoms with Gasteiger partial charge in [-0.15, -0.1) is 0 Å². The SMILES string of the molecule is CCc1ccc(/C=C/C(=O)N[C@@H](C(=O)O)C(C)C)cc1. The molecule has 0 bridgehead atoms. The van der Waals surface area contributed by atoms with Crippen molar-refractivity contribution in [1.82, 2.24) is 5.32 Å². The minimum absolute atomic E-state index is 0.159. The van der Waals surface area contributed by atoms with E-state index in [1.54, 1.807) is 19.9 Å². The first-order valence-corrected chi connectivity index (χ1v) is 6.74. The van der Waals surface area contributed by atoms with Crippen molar-refractivity contribution in [2.45, 2.75) is 33.2 Å². The summed E-state index contributed by atoms with van der Waals surface area (Å²) in [6.07, 6.45) is 4.01. The summed E-state index contributed by atoms with van der Waals surface area (Å²) in [6.45, 7) is 5.59. The Bertz CT molecular complexity index is 489. The van der Waals surface area contributed by atoms with Crippen molar-refractivity contribution in [3.05, 3.63) is 41.5 Å². The number of aliphatic carboxylic acids is 1. The Morgan fingerprint density at radius 2 is 1.85 bits per heavy atom. The highest BCUT2D eigenvalue weighted by atomic mass is 16.4. The lowest BCUT2D eigenvalue weighted by Crippen LogP contribution is -2.43. The highest BCUT2D eigenvalue weighted by molar-refractivity contribution is 5.94. The Labute approximate surface area is 119 Å². The summed E-state index contributed by atoms with van der Waals surface area (Å²) in [4.78, 5) is 22.7. The van der Waals surface area contributed by atoms with Crippen molar-refractivity contribution in [2.75, 3.05) is 0 Å². The van der Waals surface area contributed by atoms with Crippen LogP contribution in [0.25, 0.3) is 6.08 Å². The zero-order valence-corrected chi connectivity index (χ0v) is 12.1. The summed E-state index contributed by atoms with van der Waals surface area (Å²) in [5, 5.41) is 11.5. The maximum Gasteiger partial charge on any atom is 0.326 e. The average molecular weight is 275 g/mol. The van der Waals surface area contributed by atoms with Gasteiger partial charge in [-0.3, -0.25) is 4.79 Å². The van der Waals surface area contributed by atoms with E-state index in [1.165, 1.54) is 11.6 Å². The van der Waals surface area contributed by atoms with Crippen LogP contribution in [0, 0.1) is 5.92 Å². The zero-order chi connectivity index (χ0) is 15.1. The quantitative estimate of drug-likeness (QED) is 0.784. The molecule has 1 aromatic carbocycles. The molecule has 4 heteroatoms. The van der Waals surface area contributed by atoms with Gasteiger partial charge in [0.15, 0.2) is 0 Å². The topological polar surface area (TPSA) is 66.4 Å². The molecule has 0 aliphatic heterocycles. The van der Waals surface area contributed by atoms with E-state index in [0.29, 0.717) is 0 Å². The second-order valence-electron chi connectivity index (χ2n) is 5.00. The van der Waals surface area contributed by atoms with Gasteiger partial charge in [-0.25, -0.2) is 4.79 Å². The predicted molar refractivity (Wildman–Crippen MR) is 79.3 cm³/mol. The standard InChI is InChI=1S/C16H21NO3/c1-4-12-5-7-13(8-6-12)9-10-14(18)17-15(11(2)3)16(19)20/h5-11,15H,4H2,1-3H3,(H,17,18)(H,19,20)/b10-9+/t15-/m1/s1. The summed E-state index contributed by atoms with van der Waals surface area (Å²) in [6, 6.07) is 7.01. The van der Waals surface area contributed by atoms with Crippen LogP contribution in [-0.2, 0) is 16.0 Å². The molecule has 0 saturated carbocycles. The van der Waals surface area contributed by atoms with Gasteiger partial charge in [-0.2, -0.15) is 0 Å². The second-order valence-corrected chi connectivity index (χ2v) is 5.00. The van der Waals surface area contributed by atoms with Gasteiger partial charge in [0.05, 0.1) is 0 Å². The number of aryl methyl sites for hydroxylation is 1. The lowest BCUT2D eigenvalue weighted by molar-refractivity contribution is -0.142. The van der Waals surface area contributed by atoms with E-state index in [0.717, 1.165) is 12.0 Å². The maximum absolute atomic E-state index is 11.7. The molecule has 0 radical (unpaired) electrons. The molecule has 20 heavy (non-hydrogen) atoms. The van der Waals surface area contributed by atoms with Crippen molar-refractivity contribution in [3.8, 4) is 0 Å². The van der Waals surface area contributed by atoms with Crippen molar-refractivity contribution in [2.24, 2.45) is 5.92 Å². The van der Waals surface area contributed by atoms with Crippen LogP contribution in [0.5, 0.6) is 0 Å². The van der Waals surface area contributed by atoms with E-state index in [1.807, 2.05) is 24.3 Å². The number of carbonyl (C=O) groups is 2. The van der Waals surface area contributed by atoms with Crippen molar-refractivity contribution >= 4 is 18.0 Å². The molecule has 1 aromatic rings. The fourth-order valence-corrected chi connectivity index (χ4v) is 1.75. The van der Waals surface area contributed by atoms with Crippen LogP contribution in [0.4, 0.5) is 0 Å². The second kappa shape index (κ2) is 7.48. The number of carboxylic acid groups (broad SMARTS) is 1. The molecule has 0 unspecified atom stereocenters. The monoisotopic (exact) mass is 275 g/mol. The number of carboxylic acids is 1. The number of hydrogen-bond acceptors (Lipinski definition) is 2. The molecule has 0 spiro atoms. The van der Waals surface area contributed by atoms with Crippen molar-refractivity contribution < 1.29 is 14.7 Å². The molecule has 4 nitrogen and oxygen atoms in total. The van der Waals surface area contributed by atoms with Crippen molar-refractivity contribution in [1.29, 1.82) is 0 Å². The van der Waals surface area contributed by atoms with Gasteiger partial charge in [0.2, 0.25) is 5.91 Å². The van der Waals surface area contributed by atoms with E-state index in [-0.39, 0.29) is 5.92 Å². The largest absolute Gasteiger partial charge is 0.480 e. The van der Waals surface area contributed by atoms with E-state index >= 15 is 0 Å². The van der Waals surface area contributed by atoms with Gasteiger partial charge in [0.25, 0.3) is 0 Å². The Hall–Kier alpha value is -2.10. The molecular weight excluding hydrogens is 254 g/mol. The van der Waals surface area contributed by atoms with Crippen molar-refractivity contribution in [3.63, 3.8) is 0 Å². The van der Waals surface area contributed by atoms with Crippen LogP contribution in [0.1, 0.15) is 31.9 Å². The molecule has 0 aromatic heterocycles. The van der Waals surface area contributed by atoms with Crippen LogP contribution >= 0.6 is 0 Å². The normalized spacial score (nSPS) is 12.6. The molecule has 108 valence electrons. The number of hydrogen-bond donors (Lipinski definition) is 2. The molecule has 1 rings (SSSR count). The molecular formula is C16H21NO3. The first-order chi connectivity index (χ1) is 9.43. The van der Waals surface area contributed by atoms with Gasteiger partial charge in [-0.1, -0.05) is 45.0 Å². The first kappa shape index (κ1) is 16.0. The Morgan fingerprint density at radius 1 is 1.25 bits per heavy atom. The minimum atomic E-state index is -1.02. The number of nitrogens with one attached hydrogen (secondary N) is 1. The first-order valence-electron chi connectivity index (χ1n) is 6.74. The number of amides is 1. The summed E-state index contributed by atoms with van der Waals surface area (Å²) in [5.74, 6) is -1.58. The fourth-order valence-electron chi connectivity index (χ4n) is 1.75. The van der Waals surface area contributed by atoms with Gasteiger partial charge in [0.1, 0.15) is 6.04 Å². The third-order valence-corrected chi connectivity index (χ3v) is 3.05. The van der Waals surface area contributed by atoms with Crippen LogP contribution in [0.3, 0.4) is 0 Å². The molecule has 0 fully saturated rings. The summed E-state index contributed by atoms with van der Waals surface area (Å²) >= 11 is 0. The van der Waals surface area contributed by atoms with Gasteiger partial charge in [0, 0.05) is 6.08 Å². The minimum Gasteiger partial charge on any atom is -0.480 e. The maximum atomic E-state index is 11.7. The molecule has 0 saturated heterocycles. The third-order valence-electron chi connectivity index (χ3n) is 3.05. The molecule has 1 amide bonds. The molecule has 0 heterocycles. The Balaban J connectivity index is 2.64. The third kappa shape index (κ3) is 4.88. The summed E-state index contributed by atoms with van der Waals surface area (Å²) in [5.41, 5.74) is 2.14. The van der Waals surface area contributed by atoms with E-state index < -0.39 is 17.9 Å². The Morgan fingerprint density at radius 3 is 2.30 bits per heavy atom. The molecule has 0 aliphatic rings. The molecule has 2 N–H and O–H groups in total. The average Bonchev–Trinajstić information content (AvgIpc) is 2.42. The zero-order valence-electron chi connectivity index (χ0n) is 12.1.